The van der Waals surface area contributed by atoms with Gasteiger partial charge in [0.15, 0.2) is 0 Å². The molecule has 0 aliphatic carbocycles. The molecule has 2 heterocycles. The van der Waals surface area contributed by atoms with Gasteiger partial charge in [0.2, 0.25) is 0 Å². The topological polar surface area (TPSA) is 42.4 Å². The second-order valence-corrected chi connectivity index (χ2v) is 5.07. The van der Waals surface area contributed by atoms with E-state index in [1.54, 1.807) is 6.26 Å². The van der Waals surface area contributed by atoms with Gasteiger partial charge in [-0.3, -0.25) is 4.90 Å². The molecule has 0 aromatic carbocycles. The van der Waals surface area contributed by atoms with Crippen molar-refractivity contribution in [2.24, 2.45) is 5.73 Å². The second kappa shape index (κ2) is 4.68. The molecule has 84 valence electrons. The Kier molecular flexibility index (Phi) is 3.49. The summed E-state index contributed by atoms with van der Waals surface area (Å²) in [7, 11) is 2.12. The summed E-state index contributed by atoms with van der Waals surface area (Å²) < 4.78 is 6.56. The monoisotopic (exact) mass is 272 g/mol. The van der Waals surface area contributed by atoms with Crippen molar-refractivity contribution in [2.45, 2.75) is 31.3 Å². The van der Waals surface area contributed by atoms with Gasteiger partial charge in [-0.1, -0.05) is 6.42 Å². The second-order valence-electron chi connectivity index (χ2n) is 4.22. The third-order valence-corrected chi connectivity index (χ3v) is 3.75. The molecular formula is C11H17BrN2O. The van der Waals surface area contributed by atoms with Crippen LogP contribution < -0.4 is 5.73 Å². The molecule has 1 aromatic rings. The van der Waals surface area contributed by atoms with E-state index in [4.69, 9.17) is 10.2 Å². The Balaban J connectivity index is 2.27. The minimum Gasteiger partial charge on any atom is -0.466 e. The van der Waals surface area contributed by atoms with E-state index in [-0.39, 0.29) is 12.1 Å². The summed E-state index contributed by atoms with van der Waals surface area (Å²) in [6, 6.07) is 2.30. The Labute approximate surface area is 98.7 Å². The number of hydrogen-bond acceptors (Lipinski definition) is 3. The van der Waals surface area contributed by atoms with E-state index < -0.39 is 0 Å². The van der Waals surface area contributed by atoms with Gasteiger partial charge in [0.05, 0.1) is 16.8 Å². The standard InChI is InChI=1S/C11H17BrN2O/c1-14-6-3-2-4-9(13)10(14)11-8(12)5-7-15-11/h5,7,9-10H,2-4,6,13H2,1H3. The molecular weight excluding hydrogens is 256 g/mol. The van der Waals surface area contributed by atoms with E-state index in [0.717, 1.165) is 23.2 Å². The zero-order valence-electron chi connectivity index (χ0n) is 8.95. The number of nitrogens with two attached hydrogens (primary N) is 1. The first-order chi connectivity index (χ1) is 7.20. The van der Waals surface area contributed by atoms with Crippen molar-refractivity contribution in [1.29, 1.82) is 0 Å². The highest BCUT2D eigenvalue weighted by atomic mass is 79.9. The zero-order chi connectivity index (χ0) is 10.8. The summed E-state index contributed by atoms with van der Waals surface area (Å²) in [5.41, 5.74) is 6.21. The smallest absolute Gasteiger partial charge is 0.136 e. The van der Waals surface area contributed by atoms with Gasteiger partial charge in [-0.15, -0.1) is 0 Å². The number of rotatable bonds is 1. The highest BCUT2D eigenvalue weighted by Gasteiger charge is 2.30. The van der Waals surface area contributed by atoms with Crippen LogP contribution in [0.2, 0.25) is 0 Å². The molecule has 0 amide bonds. The van der Waals surface area contributed by atoms with Crippen LogP contribution in [0.3, 0.4) is 0 Å². The number of halogens is 1. The van der Waals surface area contributed by atoms with Gasteiger partial charge >= 0.3 is 0 Å². The average molecular weight is 273 g/mol. The van der Waals surface area contributed by atoms with Gasteiger partial charge in [0, 0.05) is 6.04 Å². The predicted molar refractivity (Wildman–Crippen MR) is 63.6 cm³/mol. The molecule has 4 heteroatoms. The summed E-state index contributed by atoms with van der Waals surface area (Å²) >= 11 is 3.51. The van der Waals surface area contributed by atoms with E-state index >= 15 is 0 Å². The van der Waals surface area contributed by atoms with E-state index in [9.17, 15) is 0 Å². The lowest BCUT2D eigenvalue weighted by atomic mass is 10.0. The van der Waals surface area contributed by atoms with Crippen LogP contribution >= 0.6 is 15.9 Å². The molecule has 2 unspecified atom stereocenters. The van der Waals surface area contributed by atoms with Crippen LogP contribution in [0.5, 0.6) is 0 Å². The summed E-state index contributed by atoms with van der Waals surface area (Å²) in [5, 5.41) is 0. The SMILES string of the molecule is CN1CCCCC(N)C1c1occc1Br. The van der Waals surface area contributed by atoms with Crippen molar-refractivity contribution >= 4 is 15.9 Å². The molecule has 3 nitrogen and oxygen atoms in total. The lowest BCUT2D eigenvalue weighted by molar-refractivity contribution is 0.199. The maximum Gasteiger partial charge on any atom is 0.136 e. The van der Waals surface area contributed by atoms with Gasteiger partial charge in [0.1, 0.15) is 5.76 Å². The van der Waals surface area contributed by atoms with Crippen LogP contribution in [0.25, 0.3) is 0 Å². The molecule has 1 aliphatic rings. The molecule has 1 aliphatic heterocycles. The van der Waals surface area contributed by atoms with Crippen LogP contribution in [-0.2, 0) is 0 Å². The van der Waals surface area contributed by atoms with Crippen LogP contribution in [0.1, 0.15) is 31.1 Å². The Morgan fingerprint density at radius 3 is 3.00 bits per heavy atom. The van der Waals surface area contributed by atoms with Crippen LogP contribution in [-0.4, -0.2) is 24.5 Å². The molecule has 2 atom stereocenters. The van der Waals surface area contributed by atoms with Crippen LogP contribution in [0.4, 0.5) is 0 Å². The van der Waals surface area contributed by atoms with Crippen molar-refractivity contribution < 1.29 is 4.42 Å². The first kappa shape index (κ1) is 11.2. The Hall–Kier alpha value is -0.320. The number of furan rings is 1. The molecule has 1 fully saturated rings. The number of likely N-dealkylation sites (tertiary alicyclic amines) is 1. The number of nitrogens with zero attached hydrogens (tertiary/aromatic N) is 1. The zero-order valence-corrected chi connectivity index (χ0v) is 10.5. The average Bonchev–Trinajstić information content (AvgIpc) is 2.53. The molecule has 1 saturated heterocycles. The maximum atomic E-state index is 6.21. The first-order valence-electron chi connectivity index (χ1n) is 5.39. The summed E-state index contributed by atoms with van der Waals surface area (Å²) in [6.07, 6.45) is 5.21. The predicted octanol–water partition coefficient (Wildman–Crippen LogP) is 2.53. The lowest BCUT2D eigenvalue weighted by Gasteiger charge is -2.28. The fourth-order valence-electron chi connectivity index (χ4n) is 2.28. The molecule has 0 bridgehead atoms. The molecule has 0 radical (unpaired) electrons. The third-order valence-electron chi connectivity index (χ3n) is 3.09. The highest BCUT2D eigenvalue weighted by Crippen LogP contribution is 2.33. The minimum atomic E-state index is 0.167. The normalized spacial score (nSPS) is 29.0. The van der Waals surface area contributed by atoms with Crippen molar-refractivity contribution in [1.82, 2.24) is 4.90 Å². The summed E-state index contributed by atoms with van der Waals surface area (Å²) in [6.45, 7) is 1.09. The largest absolute Gasteiger partial charge is 0.466 e. The van der Waals surface area contributed by atoms with Crippen LogP contribution in [0.15, 0.2) is 21.2 Å². The molecule has 1 aromatic heterocycles. The van der Waals surface area contributed by atoms with Gasteiger partial charge in [-0.05, 0) is 48.4 Å². The summed E-state index contributed by atoms with van der Waals surface area (Å²) in [5.74, 6) is 0.965. The summed E-state index contributed by atoms with van der Waals surface area (Å²) in [4.78, 5) is 2.29. The van der Waals surface area contributed by atoms with Gasteiger partial charge < -0.3 is 10.2 Å². The number of likely N-dealkylation sites (N-methyl/N-ethyl adjacent to an activating group) is 1. The van der Waals surface area contributed by atoms with Crippen molar-refractivity contribution in [3.8, 4) is 0 Å². The van der Waals surface area contributed by atoms with E-state index in [1.165, 1.54) is 12.8 Å². The quantitative estimate of drug-likeness (QED) is 0.855. The highest BCUT2D eigenvalue weighted by molar-refractivity contribution is 9.10. The lowest BCUT2D eigenvalue weighted by Crippen LogP contribution is -2.37. The molecule has 2 rings (SSSR count). The fraction of sp³-hybridized carbons (Fsp3) is 0.636. The van der Waals surface area contributed by atoms with Crippen molar-refractivity contribution in [2.75, 3.05) is 13.6 Å². The first-order valence-corrected chi connectivity index (χ1v) is 6.18. The van der Waals surface area contributed by atoms with Gasteiger partial charge in [-0.25, -0.2) is 0 Å². The third kappa shape index (κ3) is 2.27. The Morgan fingerprint density at radius 2 is 2.33 bits per heavy atom. The Bertz CT molecular complexity index is 314. The van der Waals surface area contributed by atoms with Crippen molar-refractivity contribution in [3.63, 3.8) is 0 Å². The van der Waals surface area contributed by atoms with E-state index in [1.807, 2.05) is 6.07 Å². The molecule has 2 N–H and O–H groups in total. The van der Waals surface area contributed by atoms with Gasteiger partial charge in [0.25, 0.3) is 0 Å². The number of hydrogen-bond donors (Lipinski definition) is 1. The molecule has 0 saturated carbocycles. The Morgan fingerprint density at radius 1 is 1.53 bits per heavy atom. The van der Waals surface area contributed by atoms with Crippen LogP contribution in [0, 0.1) is 0 Å². The fourth-order valence-corrected chi connectivity index (χ4v) is 2.71. The minimum absolute atomic E-state index is 0.167. The van der Waals surface area contributed by atoms with Gasteiger partial charge in [-0.2, -0.15) is 0 Å². The van der Waals surface area contributed by atoms with Crippen molar-refractivity contribution in [3.05, 3.63) is 22.6 Å². The van der Waals surface area contributed by atoms with E-state index in [0.29, 0.717) is 0 Å². The molecule has 15 heavy (non-hydrogen) atoms. The maximum absolute atomic E-state index is 6.21. The van der Waals surface area contributed by atoms with E-state index in [2.05, 4.69) is 27.9 Å². The molecule has 0 spiro atoms.